The van der Waals surface area contributed by atoms with Gasteiger partial charge in [0.15, 0.2) is 0 Å². The fourth-order valence-corrected chi connectivity index (χ4v) is 6.77. The quantitative estimate of drug-likeness (QED) is 0.672. The van der Waals surface area contributed by atoms with Crippen molar-refractivity contribution in [3.8, 4) is 0 Å². The predicted molar refractivity (Wildman–Crippen MR) is 127 cm³/mol. The molecule has 4 rings (SSSR count). The molecular weight excluding hydrogens is 446 g/mol. The summed E-state index contributed by atoms with van der Waals surface area (Å²) >= 11 is 1.57. The van der Waals surface area contributed by atoms with Gasteiger partial charge in [0, 0.05) is 35.8 Å². The van der Waals surface area contributed by atoms with Crippen molar-refractivity contribution in [2.45, 2.75) is 55.0 Å². The Kier molecular flexibility index (Phi) is 6.33. The van der Waals surface area contributed by atoms with E-state index in [1.807, 2.05) is 31.4 Å². The van der Waals surface area contributed by atoms with Crippen molar-refractivity contribution in [2.75, 3.05) is 23.0 Å². The highest BCUT2D eigenvalue weighted by Crippen LogP contribution is 2.36. The molecule has 0 aromatic heterocycles. The number of benzene rings is 2. The van der Waals surface area contributed by atoms with Crippen LogP contribution >= 0.6 is 11.8 Å². The standard InChI is InChI=1S/C23H27N3O4S2/c1-15-12-17-13-20(9-10-21(17)26(15)16(2)27)32(29,30)25-11-5-8-22(25)23(28)24-18-6-4-7-19(14-18)31-3/h4,6-7,9-10,13-15,22H,5,8,11-12H2,1-3H3,(H,24,28)/t15-,22-/m1/s1. The van der Waals surface area contributed by atoms with E-state index in [0.717, 1.165) is 16.1 Å². The van der Waals surface area contributed by atoms with Crippen molar-refractivity contribution in [1.82, 2.24) is 4.31 Å². The molecule has 170 valence electrons. The maximum atomic E-state index is 13.5. The van der Waals surface area contributed by atoms with Gasteiger partial charge in [-0.1, -0.05) is 6.07 Å². The number of nitrogens with zero attached hydrogens (tertiary/aromatic N) is 2. The molecular formula is C23H27N3O4S2. The Hall–Kier alpha value is -2.36. The van der Waals surface area contributed by atoms with Gasteiger partial charge in [-0.2, -0.15) is 4.31 Å². The summed E-state index contributed by atoms with van der Waals surface area (Å²) in [4.78, 5) is 27.8. The maximum absolute atomic E-state index is 13.5. The van der Waals surface area contributed by atoms with Gasteiger partial charge in [0.05, 0.1) is 4.90 Å². The van der Waals surface area contributed by atoms with Gasteiger partial charge < -0.3 is 10.2 Å². The zero-order valence-electron chi connectivity index (χ0n) is 18.4. The van der Waals surface area contributed by atoms with Crippen LogP contribution in [0.15, 0.2) is 52.3 Å². The number of rotatable bonds is 5. The lowest BCUT2D eigenvalue weighted by Crippen LogP contribution is -2.43. The molecule has 0 saturated carbocycles. The van der Waals surface area contributed by atoms with E-state index in [1.165, 1.54) is 17.3 Å². The largest absolute Gasteiger partial charge is 0.325 e. The molecule has 0 spiro atoms. The van der Waals surface area contributed by atoms with Gasteiger partial charge in [-0.3, -0.25) is 9.59 Å². The molecule has 0 bridgehead atoms. The molecule has 2 amide bonds. The maximum Gasteiger partial charge on any atom is 0.243 e. The van der Waals surface area contributed by atoms with Gasteiger partial charge in [-0.25, -0.2) is 8.42 Å². The average Bonchev–Trinajstić information content (AvgIpc) is 3.37. The summed E-state index contributed by atoms with van der Waals surface area (Å²) in [7, 11) is -3.85. The molecule has 0 aliphatic carbocycles. The highest BCUT2D eigenvalue weighted by atomic mass is 32.2. The normalized spacial score (nSPS) is 20.9. The van der Waals surface area contributed by atoms with Crippen LogP contribution in [0.25, 0.3) is 0 Å². The first-order valence-corrected chi connectivity index (χ1v) is 13.3. The lowest BCUT2D eigenvalue weighted by Gasteiger charge is -2.24. The van der Waals surface area contributed by atoms with Gasteiger partial charge in [-0.15, -0.1) is 11.8 Å². The fourth-order valence-electron chi connectivity index (χ4n) is 4.60. The van der Waals surface area contributed by atoms with Crippen LogP contribution in [0.1, 0.15) is 32.3 Å². The molecule has 1 fully saturated rings. The van der Waals surface area contributed by atoms with E-state index in [4.69, 9.17) is 0 Å². The average molecular weight is 474 g/mol. The molecule has 1 N–H and O–H groups in total. The lowest BCUT2D eigenvalue weighted by atomic mass is 10.1. The van der Waals surface area contributed by atoms with Crippen LogP contribution in [0.5, 0.6) is 0 Å². The van der Waals surface area contributed by atoms with Crippen molar-refractivity contribution < 1.29 is 18.0 Å². The van der Waals surface area contributed by atoms with Crippen LogP contribution in [0, 0.1) is 0 Å². The van der Waals surface area contributed by atoms with Crippen molar-refractivity contribution in [3.05, 3.63) is 48.0 Å². The number of anilines is 2. The summed E-state index contributed by atoms with van der Waals surface area (Å²) in [6, 6.07) is 11.6. The van der Waals surface area contributed by atoms with Crippen LogP contribution in [0.3, 0.4) is 0 Å². The predicted octanol–water partition coefficient (Wildman–Crippen LogP) is 3.50. The summed E-state index contributed by atoms with van der Waals surface area (Å²) in [5.74, 6) is -0.379. The molecule has 0 radical (unpaired) electrons. The Labute approximate surface area is 193 Å². The SMILES string of the molecule is CSc1cccc(NC(=O)[C@H]2CCCN2S(=O)(=O)c2ccc3c(c2)C[C@@H](C)N3C(C)=O)c1. The summed E-state index contributed by atoms with van der Waals surface area (Å²) in [5.41, 5.74) is 2.25. The van der Waals surface area contributed by atoms with E-state index in [2.05, 4.69) is 5.32 Å². The Morgan fingerprint density at radius 1 is 1.16 bits per heavy atom. The minimum Gasteiger partial charge on any atom is -0.325 e. The number of nitrogens with one attached hydrogen (secondary N) is 1. The summed E-state index contributed by atoms with van der Waals surface area (Å²) in [6.07, 6.45) is 3.67. The Balaban J connectivity index is 1.57. The third-order valence-electron chi connectivity index (χ3n) is 6.06. The monoisotopic (exact) mass is 473 g/mol. The van der Waals surface area contributed by atoms with Crippen molar-refractivity contribution in [3.63, 3.8) is 0 Å². The number of hydrogen-bond donors (Lipinski definition) is 1. The third-order valence-corrected chi connectivity index (χ3v) is 8.69. The first-order chi connectivity index (χ1) is 15.2. The van der Waals surface area contributed by atoms with Gasteiger partial charge in [0.2, 0.25) is 21.8 Å². The van der Waals surface area contributed by atoms with Crippen LogP contribution in [0.4, 0.5) is 11.4 Å². The molecule has 0 unspecified atom stereocenters. The number of carbonyl (C=O) groups is 2. The van der Waals surface area contributed by atoms with E-state index in [-0.39, 0.29) is 22.8 Å². The number of thioether (sulfide) groups is 1. The molecule has 1 saturated heterocycles. The van der Waals surface area contributed by atoms with Crippen LogP contribution in [-0.2, 0) is 26.0 Å². The molecule has 2 aliphatic rings. The second-order valence-corrected chi connectivity index (χ2v) is 11.0. The first-order valence-electron chi connectivity index (χ1n) is 10.6. The highest BCUT2D eigenvalue weighted by molar-refractivity contribution is 7.98. The smallest absolute Gasteiger partial charge is 0.243 e. The highest BCUT2D eigenvalue weighted by Gasteiger charge is 2.40. The molecule has 2 aliphatic heterocycles. The molecule has 2 aromatic rings. The van der Waals surface area contributed by atoms with E-state index < -0.39 is 16.1 Å². The Morgan fingerprint density at radius 2 is 1.94 bits per heavy atom. The fraction of sp³-hybridized carbons (Fsp3) is 0.391. The van der Waals surface area contributed by atoms with Crippen molar-refractivity contribution in [2.24, 2.45) is 0 Å². The van der Waals surface area contributed by atoms with Gasteiger partial charge in [0.25, 0.3) is 0 Å². The number of fused-ring (bicyclic) bond motifs is 1. The molecule has 9 heteroatoms. The second kappa shape index (κ2) is 8.88. The zero-order chi connectivity index (χ0) is 23.0. The minimum atomic E-state index is -3.85. The van der Waals surface area contributed by atoms with E-state index in [0.29, 0.717) is 31.5 Å². The van der Waals surface area contributed by atoms with Crippen molar-refractivity contribution >= 4 is 45.0 Å². The molecule has 2 atom stereocenters. The van der Waals surface area contributed by atoms with Gasteiger partial charge in [-0.05, 0) is 74.4 Å². The molecule has 2 heterocycles. The van der Waals surface area contributed by atoms with E-state index in [9.17, 15) is 18.0 Å². The Bertz CT molecular complexity index is 1170. The third kappa shape index (κ3) is 4.16. The molecule has 2 aromatic carbocycles. The number of amides is 2. The number of sulfonamides is 1. The minimum absolute atomic E-state index is 0.0113. The number of carbonyl (C=O) groups excluding carboxylic acids is 2. The molecule has 32 heavy (non-hydrogen) atoms. The topological polar surface area (TPSA) is 86.8 Å². The van der Waals surface area contributed by atoms with Crippen LogP contribution < -0.4 is 10.2 Å². The summed E-state index contributed by atoms with van der Waals surface area (Å²) in [6.45, 7) is 3.76. The summed E-state index contributed by atoms with van der Waals surface area (Å²) < 4.78 is 28.2. The van der Waals surface area contributed by atoms with Gasteiger partial charge in [0.1, 0.15) is 6.04 Å². The van der Waals surface area contributed by atoms with E-state index >= 15 is 0 Å². The zero-order valence-corrected chi connectivity index (χ0v) is 20.0. The Morgan fingerprint density at radius 3 is 2.66 bits per heavy atom. The van der Waals surface area contributed by atoms with Crippen molar-refractivity contribution in [1.29, 1.82) is 0 Å². The van der Waals surface area contributed by atoms with Gasteiger partial charge >= 0.3 is 0 Å². The second-order valence-electron chi connectivity index (χ2n) is 8.23. The van der Waals surface area contributed by atoms with E-state index in [1.54, 1.807) is 34.9 Å². The lowest BCUT2D eigenvalue weighted by molar-refractivity contribution is -0.119. The molecule has 7 nitrogen and oxygen atoms in total. The van der Waals surface area contributed by atoms with Crippen LogP contribution in [0.2, 0.25) is 0 Å². The summed E-state index contributed by atoms with van der Waals surface area (Å²) in [5, 5.41) is 2.88. The number of hydrogen-bond acceptors (Lipinski definition) is 5. The first kappa shape index (κ1) is 22.8. The van der Waals surface area contributed by atoms with Crippen LogP contribution in [-0.4, -0.2) is 49.4 Å².